The number of likely N-dealkylation sites (tertiary alicyclic amines) is 1. The van der Waals surface area contributed by atoms with Crippen molar-refractivity contribution in [1.82, 2.24) is 15.2 Å². The van der Waals surface area contributed by atoms with Crippen LogP contribution >= 0.6 is 0 Å². The number of nitrogens with one attached hydrogen (secondary N) is 1. The second-order valence-corrected chi connectivity index (χ2v) is 6.50. The molecule has 1 saturated heterocycles. The van der Waals surface area contributed by atoms with Gasteiger partial charge in [0.15, 0.2) is 0 Å². The highest BCUT2D eigenvalue weighted by molar-refractivity contribution is 5.77. The fraction of sp³-hybridized carbons (Fsp3) is 0.588. The Balaban J connectivity index is 2.10. The maximum Gasteiger partial charge on any atom is 0.317 e. The molecule has 0 saturated carbocycles. The van der Waals surface area contributed by atoms with E-state index in [1.54, 1.807) is 11.1 Å². The molecule has 0 bridgehead atoms. The van der Waals surface area contributed by atoms with Gasteiger partial charge < -0.3 is 15.3 Å². The first kappa shape index (κ1) is 17.2. The summed E-state index contributed by atoms with van der Waals surface area (Å²) >= 11 is 0. The van der Waals surface area contributed by atoms with E-state index in [9.17, 15) is 9.59 Å². The Kier molecular flexibility index (Phi) is 5.58. The van der Waals surface area contributed by atoms with Crippen molar-refractivity contribution < 1.29 is 14.7 Å². The molecule has 2 N–H and O–H groups in total. The minimum Gasteiger partial charge on any atom is -0.481 e. The van der Waals surface area contributed by atoms with Crippen molar-refractivity contribution in [2.24, 2.45) is 11.8 Å². The summed E-state index contributed by atoms with van der Waals surface area (Å²) in [7, 11) is 0. The Labute approximate surface area is 136 Å². The summed E-state index contributed by atoms with van der Waals surface area (Å²) in [6.45, 7) is 6.92. The van der Waals surface area contributed by atoms with E-state index in [0.29, 0.717) is 13.0 Å². The second kappa shape index (κ2) is 7.44. The van der Waals surface area contributed by atoms with Gasteiger partial charge in [0.25, 0.3) is 0 Å². The van der Waals surface area contributed by atoms with Crippen LogP contribution in [0.4, 0.5) is 4.79 Å². The highest BCUT2D eigenvalue weighted by Gasteiger charge is 2.30. The molecule has 6 heteroatoms. The molecule has 0 aliphatic carbocycles. The Morgan fingerprint density at radius 2 is 2.17 bits per heavy atom. The maximum absolute atomic E-state index is 12.6. The molecular formula is C17H25N3O3. The van der Waals surface area contributed by atoms with Crippen LogP contribution in [0.2, 0.25) is 0 Å². The van der Waals surface area contributed by atoms with E-state index < -0.39 is 11.9 Å². The van der Waals surface area contributed by atoms with Gasteiger partial charge in [-0.3, -0.25) is 9.78 Å². The van der Waals surface area contributed by atoms with Crippen LogP contribution in [0, 0.1) is 18.8 Å². The third-order valence-corrected chi connectivity index (χ3v) is 4.35. The average molecular weight is 319 g/mol. The molecule has 126 valence electrons. The lowest BCUT2D eigenvalue weighted by molar-refractivity contribution is -0.143. The van der Waals surface area contributed by atoms with Gasteiger partial charge in [0.05, 0.1) is 17.7 Å². The molecule has 0 spiro atoms. The number of hydrogen-bond acceptors (Lipinski definition) is 3. The number of nitrogens with zero attached hydrogens (tertiary/aromatic N) is 2. The molecule has 2 unspecified atom stereocenters. The molecule has 6 nitrogen and oxygen atoms in total. The van der Waals surface area contributed by atoms with Crippen LogP contribution in [-0.4, -0.2) is 40.1 Å². The summed E-state index contributed by atoms with van der Waals surface area (Å²) in [5.74, 6) is -1.11. The third-order valence-electron chi connectivity index (χ3n) is 4.35. The molecule has 0 aromatic carbocycles. The van der Waals surface area contributed by atoms with Crippen LogP contribution in [0.25, 0.3) is 0 Å². The van der Waals surface area contributed by atoms with Crippen molar-refractivity contribution in [1.29, 1.82) is 0 Å². The zero-order valence-electron chi connectivity index (χ0n) is 14.0. The number of pyridine rings is 1. The number of carboxylic acid groups (broad SMARTS) is 1. The number of aromatic nitrogens is 1. The molecule has 2 atom stereocenters. The fourth-order valence-electron chi connectivity index (χ4n) is 2.96. The van der Waals surface area contributed by atoms with Gasteiger partial charge in [0.2, 0.25) is 0 Å². The first-order chi connectivity index (χ1) is 10.9. The van der Waals surface area contributed by atoms with Crippen molar-refractivity contribution in [3.63, 3.8) is 0 Å². The van der Waals surface area contributed by atoms with Crippen LogP contribution in [0.5, 0.6) is 0 Å². The largest absolute Gasteiger partial charge is 0.481 e. The molecule has 1 aromatic heterocycles. The number of carboxylic acids is 1. The Bertz CT molecular complexity index is 574. The lowest BCUT2D eigenvalue weighted by Crippen LogP contribution is -2.48. The van der Waals surface area contributed by atoms with Gasteiger partial charge >= 0.3 is 12.0 Å². The number of carbonyl (C=O) groups excluding carboxylic acids is 1. The van der Waals surface area contributed by atoms with Crippen molar-refractivity contribution in [3.05, 3.63) is 29.6 Å². The topological polar surface area (TPSA) is 82.5 Å². The van der Waals surface area contributed by atoms with Crippen molar-refractivity contribution in [2.45, 2.75) is 39.7 Å². The predicted octanol–water partition coefficient (Wildman–Crippen LogP) is 2.59. The van der Waals surface area contributed by atoms with Gasteiger partial charge in [-0.05, 0) is 37.3 Å². The summed E-state index contributed by atoms with van der Waals surface area (Å²) in [6, 6.07) is 3.46. The van der Waals surface area contributed by atoms with E-state index in [1.165, 1.54) is 0 Å². The molecular weight excluding hydrogens is 294 g/mol. The molecule has 1 aliphatic heterocycles. The molecule has 2 amide bonds. The van der Waals surface area contributed by atoms with Gasteiger partial charge in [-0.1, -0.05) is 19.9 Å². The predicted molar refractivity (Wildman–Crippen MR) is 87.0 cm³/mol. The smallest absolute Gasteiger partial charge is 0.317 e. The van der Waals surface area contributed by atoms with Crippen molar-refractivity contribution in [3.8, 4) is 0 Å². The SMILES string of the molecule is Cc1cccnc1C(NC(=O)N1CCCC(C(=O)O)C1)C(C)C. The van der Waals surface area contributed by atoms with Gasteiger partial charge in [0.1, 0.15) is 0 Å². The number of amides is 2. The number of aryl methyl sites for hydroxylation is 1. The van der Waals surface area contributed by atoms with Crippen molar-refractivity contribution >= 4 is 12.0 Å². The van der Waals surface area contributed by atoms with Gasteiger partial charge in [0, 0.05) is 19.3 Å². The van der Waals surface area contributed by atoms with Crippen LogP contribution in [0.1, 0.15) is 44.0 Å². The normalized spacial score (nSPS) is 19.5. The number of aliphatic carboxylic acids is 1. The number of hydrogen-bond donors (Lipinski definition) is 2. The van der Waals surface area contributed by atoms with Gasteiger partial charge in [-0.15, -0.1) is 0 Å². The summed E-state index contributed by atoms with van der Waals surface area (Å²) in [5.41, 5.74) is 1.90. The van der Waals surface area contributed by atoms with E-state index in [0.717, 1.165) is 17.7 Å². The van der Waals surface area contributed by atoms with E-state index in [4.69, 9.17) is 5.11 Å². The van der Waals surface area contributed by atoms with Crippen LogP contribution in [-0.2, 0) is 4.79 Å². The molecule has 1 aliphatic rings. The maximum atomic E-state index is 12.6. The monoisotopic (exact) mass is 319 g/mol. The first-order valence-corrected chi connectivity index (χ1v) is 8.10. The molecule has 0 radical (unpaired) electrons. The minimum absolute atomic E-state index is 0.186. The standard InChI is InChI=1S/C17H25N3O3/c1-11(2)14(15-12(3)6-4-8-18-15)19-17(23)20-9-5-7-13(10-20)16(21)22/h4,6,8,11,13-14H,5,7,9-10H2,1-3H3,(H,19,23)(H,21,22). The van der Waals surface area contributed by atoms with Gasteiger partial charge in [-0.25, -0.2) is 4.79 Å². The van der Waals surface area contributed by atoms with Gasteiger partial charge in [-0.2, -0.15) is 0 Å². The Morgan fingerprint density at radius 3 is 2.78 bits per heavy atom. The van der Waals surface area contributed by atoms with Crippen LogP contribution in [0.3, 0.4) is 0 Å². The van der Waals surface area contributed by atoms with E-state index in [1.807, 2.05) is 32.9 Å². The van der Waals surface area contributed by atoms with E-state index >= 15 is 0 Å². The molecule has 2 rings (SSSR count). The number of carbonyl (C=O) groups is 2. The fourth-order valence-corrected chi connectivity index (χ4v) is 2.96. The number of piperidine rings is 1. The highest BCUT2D eigenvalue weighted by atomic mass is 16.4. The molecule has 23 heavy (non-hydrogen) atoms. The third kappa shape index (κ3) is 4.21. The molecule has 2 heterocycles. The Morgan fingerprint density at radius 1 is 1.43 bits per heavy atom. The van der Waals surface area contributed by atoms with E-state index in [-0.39, 0.29) is 24.5 Å². The summed E-state index contributed by atoms with van der Waals surface area (Å²) in [6.07, 6.45) is 3.08. The van der Waals surface area contributed by atoms with Crippen LogP contribution < -0.4 is 5.32 Å². The van der Waals surface area contributed by atoms with E-state index in [2.05, 4.69) is 10.3 Å². The summed E-state index contributed by atoms with van der Waals surface area (Å²) in [5, 5.41) is 12.2. The quantitative estimate of drug-likeness (QED) is 0.893. The zero-order chi connectivity index (χ0) is 17.0. The first-order valence-electron chi connectivity index (χ1n) is 8.10. The summed E-state index contributed by atoms with van der Waals surface area (Å²) in [4.78, 5) is 29.7. The van der Waals surface area contributed by atoms with Crippen molar-refractivity contribution in [2.75, 3.05) is 13.1 Å². The zero-order valence-corrected chi connectivity index (χ0v) is 14.0. The number of rotatable bonds is 4. The highest BCUT2D eigenvalue weighted by Crippen LogP contribution is 2.24. The average Bonchev–Trinajstić information content (AvgIpc) is 2.53. The Hall–Kier alpha value is -2.11. The lowest BCUT2D eigenvalue weighted by Gasteiger charge is -2.33. The minimum atomic E-state index is -0.830. The second-order valence-electron chi connectivity index (χ2n) is 6.50. The number of urea groups is 1. The summed E-state index contributed by atoms with van der Waals surface area (Å²) < 4.78 is 0. The molecule has 1 aromatic rings. The molecule has 1 fully saturated rings. The van der Waals surface area contributed by atoms with Crippen LogP contribution in [0.15, 0.2) is 18.3 Å². The lowest BCUT2D eigenvalue weighted by atomic mass is 9.96.